The quantitative estimate of drug-likeness (QED) is 0.484. The van der Waals surface area contributed by atoms with Crippen LogP contribution in [0, 0.1) is 0 Å². The maximum Gasteiger partial charge on any atom is 0.275 e. The molecule has 1 rings (SSSR count). The molecule has 0 aliphatic heterocycles. The van der Waals surface area contributed by atoms with E-state index in [-0.39, 0.29) is 5.91 Å². The van der Waals surface area contributed by atoms with Crippen molar-refractivity contribution in [3.8, 4) is 5.75 Å². The molecule has 0 heterocycles. The summed E-state index contributed by atoms with van der Waals surface area (Å²) >= 11 is 1.36. The Morgan fingerprint density at radius 1 is 1.44 bits per heavy atom. The van der Waals surface area contributed by atoms with Crippen molar-refractivity contribution in [2.45, 2.75) is 13.8 Å². The summed E-state index contributed by atoms with van der Waals surface area (Å²) in [6.07, 6.45) is 0. The van der Waals surface area contributed by atoms with Gasteiger partial charge in [-0.05, 0) is 24.8 Å². The normalized spacial score (nSPS) is 11.1. The molecule has 0 saturated heterocycles. The molecule has 0 unspecified atom stereocenters. The molecular formula is C12H17N3O2S. The van der Waals surface area contributed by atoms with E-state index in [1.54, 1.807) is 18.2 Å². The predicted octanol–water partition coefficient (Wildman–Crippen LogP) is 1.80. The topological polar surface area (TPSA) is 76.7 Å². The summed E-state index contributed by atoms with van der Waals surface area (Å²) in [5.74, 6) is 1.01. The summed E-state index contributed by atoms with van der Waals surface area (Å²) < 4.78 is 5.37. The van der Waals surface area contributed by atoms with E-state index >= 15 is 0 Å². The smallest absolute Gasteiger partial charge is 0.275 e. The van der Waals surface area contributed by atoms with E-state index in [4.69, 9.17) is 10.5 Å². The van der Waals surface area contributed by atoms with E-state index in [0.29, 0.717) is 23.1 Å². The molecule has 98 valence electrons. The van der Waals surface area contributed by atoms with Gasteiger partial charge in [0, 0.05) is 0 Å². The van der Waals surface area contributed by atoms with Gasteiger partial charge in [-0.3, -0.25) is 4.79 Å². The van der Waals surface area contributed by atoms with Gasteiger partial charge in [0.25, 0.3) is 5.91 Å². The first-order valence-electron chi connectivity index (χ1n) is 5.67. The van der Waals surface area contributed by atoms with Crippen molar-refractivity contribution < 1.29 is 9.53 Å². The van der Waals surface area contributed by atoms with Gasteiger partial charge >= 0.3 is 0 Å². The molecule has 0 spiro atoms. The number of thioether (sulfide) groups is 1. The number of nitrogens with zero attached hydrogens (tertiary/aromatic N) is 1. The molecule has 3 N–H and O–H groups in total. The van der Waals surface area contributed by atoms with Gasteiger partial charge in [0.1, 0.15) is 5.75 Å². The zero-order valence-corrected chi connectivity index (χ0v) is 11.3. The molecule has 0 bridgehead atoms. The lowest BCUT2D eigenvalue weighted by Crippen LogP contribution is -2.22. The first kappa shape index (κ1) is 14.4. The lowest BCUT2D eigenvalue weighted by molar-refractivity contribution is 0.0951. The second-order valence-electron chi connectivity index (χ2n) is 3.25. The van der Waals surface area contributed by atoms with Gasteiger partial charge in [0.05, 0.1) is 12.2 Å². The zero-order valence-electron chi connectivity index (χ0n) is 10.5. The Morgan fingerprint density at radius 3 is 2.83 bits per heavy atom. The number of hydrazone groups is 1. The minimum absolute atomic E-state index is 0.333. The predicted molar refractivity (Wildman–Crippen MR) is 74.8 cm³/mol. The first-order chi connectivity index (χ1) is 8.69. The van der Waals surface area contributed by atoms with Crippen molar-refractivity contribution in [2.75, 3.05) is 12.4 Å². The SMILES string of the molecule is CCOc1ccccc1C(=O)N/N=C(\N)SCC. The molecule has 1 amide bonds. The molecule has 18 heavy (non-hydrogen) atoms. The van der Waals surface area contributed by atoms with Gasteiger partial charge in [0.2, 0.25) is 0 Å². The fourth-order valence-electron chi connectivity index (χ4n) is 1.28. The van der Waals surface area contributed by atoms with Crippen LogP contribution in [0.15, 0.2) is 29.4 Å². The maximum absolute atomic E-state index is 11.9. The summed E-state index contributed by atoms with van der Waals surface area (Å²) in [4.78, 5) is 11.9. The molecule has 1 aromatic rings. The number of hydrogen-bond donors (Lipinski definition) is 2. The van der Waals surface area contributed by atoms with Crippen LogP contribution >= 0.6 is 11.8 Å². The number of amides is 1. The first-order valence-corrected chi connectivity index (χ1v) is 6.65. The highest BCUT2D eigenvalue weighted by Gasteiger charge is 2.10. The van der Waals surface area contributed by atoms with E-state index in [0.717, 1.165) is 5.75 Å². The molecule has 0 aromatic heterocycles. The Hall–Kier alpha value is -1.69. The van der Waals surface area contributed by atoms with Crippen LogP contribution in [0.2, 0.25) is 0 Å². The fourth-order valence-corrected chi connectivity index (χ4v) is 1.69. The van der Waals surface area contributed by atoms with E-state index in [1.807, 2.05) is 19.9 Å². The number of nitrogens with one attached hydrogen (secondary N) is 1. The summed E-state index contributed by atoms with van der Waals surface area (Å²) in [5.41, 5.74) is 8.42. The zero-order chi connectivity index (χ0) is 13.4. The number of nitrogens with two attached hydrogens (primary N) is 1. The molecule has 0 atom stereocenters. The highest BCUT2D eigenvalue weighted by molar-refractivity contribution is 8.13. The van der Waals surface area contributed by atoms with Crippen molar-refractivity contribution in [3.63, 3.8) is 0 Å². The lowest BCUT2D eigenvalue weighted by Gasteiger charge is -2.08. The largest absolute Gasteiger partial charge is 0.493 e. The molecule has 0 aliphatic rings. The molecule has 0 radical (unpaired) electrons. The van der Waals surface area contributed by atoms with Gasteiger partial charge in [0.15, 0.2) is 5.17 Å². The molecule has 5 nitrogen and oxygen atoms in total. The Morgan fingerprint density at radius 2 is 2.17 bits per heavy atom. The second-order valence-corrected chi connectivity index (χ2v) is 4.54. The number of para-hydroxylation sites is 1. The van der Waals surface area contributed by atoms with Crippen molar-refractivity contribution in [1.82, 2.24) is 5.43 Å². The maximum atomic E-state index is 11.9. The molecule has 1 aromatic carbocycles. The van der Waals surface area contributed by atoms with Gasteiger partial charge < -0.3 is 10.5 Å². The monoisotopic (exact) mass is 267 g/mol. The van der Waals surface area contributed by atoms with Crippen LogP contribution in [0.4, 0.5) is 0 Å². The summed E-state index contributed by atoms with van der Waals surface area (Å²) in [6.45, 7) is 4.32. The average Bonchev–Trinajstić information content (AvgIpc) is 2.37. The lowest BCUT2D eigenvalue weighted by atomic mass is 10.2. The molecule has 0 aliphatic carbocycles. The number of amidine groups is 1. The molecule has 0 fully saturated rings. The summed E-state index contributed by atoms with van der Waals surface area (Å²) in [7, 11) is 0. The Bertz CT molecular complexity index is 435. The van der Waals surface area contributed by atoms with E-state index in [9.17, 15) is 4.79 Å². The molecule has 0 saturated carbocycles. The number of carbonyl (C=O) groups excluding carboxylic acids is 1. The van der Waals surface area contributed by atoms with E-state index in [2.05, 4.69) is 10.5 Å². The summed E-state index contributed by atoms with van der Waals surface area (Å²) in [5, 5.41) is 4.13. The summed E-state index contributed by atoms with van der Waals surface area (Å²) in [6, 6.07) is 7.00. The second kappa shape index (κ2) is 7.60. The minimum Gasteiger partial charge on any atom is -0.493 e. The van der Waals surface area contributed by atoms with Crippen LogP contribution in [-0.4, -0.2) is 23.4 Å². The third-order valence-corrected chi connectivity index (χ3v) is 2.67. The number of carbonyl (C=O) groups is 1. The molecule has 6 heteroatoms. The Kier molecular flexibility index (Phi) is 6.07. The van der Waals surface area contributed by atoms with Crippen LogP contribution in [-0.2, 0) is 0 Å². The number of hydrogen-bond acceptors (Lipinski definition) is 4. The highest BCUT2D eigenvalue weighted by atomic mass is 32.2. The van der Waals surface area contributed by atoms with E-state index in [1.165, 1.54) is 11.8 Å². The number of ether oxygens (including phenoxy) is 1. The fraction of sp³-hybridized carbons (Fsp3) is 0.333. The Labute approximate surface area is 111 Å². The van der Waals surface area contributed by atoms with Gasteiger partial charge in [-0.15, -0.1) is 5.10 Å². The standard InChI is InChI=1S/C12H17N3O2S/c1-3-17-10-8-6-5-7-9(10)11(16)14-15-12(13)18-4-2/h5-8H,3-4H2,1-2H3,(H2,13,15)(H,14,16). The Balaban J connectivity index is 2.75. The van der Waals surface area contributed by atoms with Crippen LogP contribution in [0.3, 0.4) is 0 Å². The average molecular weight is 267 g/mol. The highest BCUT2D eigenvalue weighted by Crippen LogP contribution is 2.17. The van der Waals surface area contributed by atoms with Crippen molar-refractivity contribution in [3.05, 3.63) is 29.8 Å². The van der Waals surface area contributed by atoms with Gasteiger partial charge in [-0.25, -0.2) is 5.43 Å². The number of benzene rings is 1. The van der Waals surface area contributed by atoms with Crippen LogP contribution in [0.1, 0.15) is 24.2 Å². The third kappa shape index (κ3) is 4.29. The van der Waals surface area contributed by atoms with Crippen molar-refractivity contribution in [2.24, 2.45) is 10.8 Å². The van der Waals surface area contributed by atoms with Gasteiger partial charge in [-0.2, -0.15) is 0 Å². The van der Waals surface area contributed by atoms with Crippen LogP contribution < -0.4 is 15.9 Å². The van der Waals surface area contributed by atoms with Crippen LogP contribution in [0.25, 0.3) is 0 Å². The minimum atomic E-state index is -0.335. The molecular weight excluding hydrogens is 250 g/mol. The van der Waals surface area contributed by atoms with Crippen molar-refractivity contribution in [1.29, 1.82) is 0 Å². The third-order valence-electron chi connectivity index (χ3n) is 1.99. The van der Waals surface area contributed by atoms with E-state index < -0.39 is 0 Å². The van der Waals surface area contributed by atoms with Crippen LogP contribution in [0.5, 0.6) is 5.75 Å². The van der Waals surface area contributed by atoms with Crippen molar-refractivity contribution >= 4 is 22.8 Å². The number of rotatable bonds is 5. The van der Waals surface area contributed by atoms with Gasteiger partial charge in [-0.1, -0.05) is 30.8 Å².